The standard InChI is InChI=1S/C24H30/c1-9-17-11-19(15-21(13-17)23(3,4)5)20-12-18(10-2)14-22(16-20)24(6,7)8/h9-16H,1-2H2,3-8H3. The zero-order valence-corrected chi connectivity index (χ0v) is 16.0. The van der Waals surface area contributed by atoms with Crippen LogP contribution in [0.4, 0.5) is 0 Å². The van der Waals surface area contributed by atoms with E-state index in [0.717, 1.165) is 0 Å². The first-order valence-corrected chi connectivity index (χ1v) is 8.61. The quantitative estimate of drug-likeness (QED) is 0.559. The van der Waals surface area contributed by atoms with E-state index in [1.165, 1.54) is 33.4 Å². The van der Waals surface area contributed by atoms with E-state index in [2.05, 4.69) is 91.1 Å². The second-order valence-electron chi connectivity index (χ2n) is 8.60. The van der Waals surface area contributed by atoms with Crippen molar-refractivity contribution in [2.45, 2.75) is 52.4 Å². The number of hydrogen-bond donors (Lipinski definition) is 0. The zero-order chi connectivity index (χ0) is 18.1. The summed E-state index contributed by atoms with van der Waals surface area (Å²) < 4.78 is 0. The summed E-state index contributed by atoms with van der Waals surface area (Å²) in [7, 11) is 0. The van der Waals surface area contributed by atoms with Crippen molar-refractivity contribution in [3.8, 4) is 11.1 Å². The first kappa shape index (κ1) is 18.3. The maximum absolute atomic E-state index is 3.96. The third-order valence-corrected chi connectivity index (χ3v) is 4.45. The van der Waals surface area contributed by atoms with E-state index in [9.17, 15) is 0 Å². The predicted octanol–water partition coefficient (Wildman–Crippen LogP) is 7.23. The Hall–Kier alpha value is -2.08. The van der Waals surface area contributed by atoms with Gasteiger partial charge in [0.15, 0.2) is 0 Å². The first-order chi connectivity index (χ1) is 11.0. The Kier molecular flexibility index (Phi) is 4.90. The fourth-order valence-electron chi connectivity index (χ4n) is 2.74. The van der Waals surface area contributed by atoms with Gasteiger partial charge in [-0.25, -0.2) is 0 Å². The normalized spacial score (nSPS) is 12.1. The Balaban J connectivity index is 2.71. The van der Waals surface area contributed by atoms with Crippen LogP contribution in [0.5, 0.6) is 0 Å². The minimum absolute atomic E-state index is 0.108. The van der Waals surface area contributed by atoms with E-state index in [0.29, 0.717) is 0 Å². The molecule has 0 radical (unpaired) electrons. The van der Waals surface area contributed by atoms with Gasteiger partial charge in [-0.3, -0.25) is 0 Å². The van der Waals surface area contributed by atoms with Crippen LogP contribution in [0.1, 0.15) is 63.8 Å². The van der Waals surface area contributed by atoms with Crippen LogP contribution in [0.3, 0.4) is 0 Å². The van der Waals surface area contributed by atoms with Crippen molar-refractivity contribution in [2.24, 2.45) is 0 Å². The third kappa shape index (κ3) is 4.06. The summed E-state index contributed by atoms with van der Waals surface area (Å²) in [4.78, 5) is 0. The molecule has 0 fully saturated rings. The SMILES string of the molecule is C=Cc1cc(-c2cc(C=C)cc(C(C)(C)C)c2)cc(C(C)(C)C)c1. The van der Waals surface area contributed by atoms with E-state index in [4.69, 9.17) is 0 Å². The van der Waals surface area contributed by atoms with E-state index >= 15 is 0 Å². The summed E-state index contributed by atoms with van der Waals surface area (Å²) in [6, 6.07) is 13.5. The van der Waals surface area contributed by atoms with Crippen molar-refractivity contribution in [2.75, 3.05) is 0 Å². The molecule has 0 aliphatic heterocycles. The molecule has 24 heavy (non-hydrogen) atoms. The smallest absolute Gasteiger partial charge is 0.0131 e. The monoisotopic (exact) mass is 318 g/mol. The van der Waals surface area contributed by atoms with Crippen LogP contribution in [0.25, 0.3) is 23.3 Å². The highest BCUT2D eigenvalue weighted by Gasteiger charge is 2.18. The first-order valence-electron chi connectivity index (χ1n) is 8.61. The van der Waals surface area contributed by atoms with Crippen molar-refractivity contribution < 1.29 is 0 Å². The number of hydrogen-bond acceptors (Lipinski definition) is 0. The molecule has 0 saturated carbocycles. The molecule has 0 saturated heterocycles. The van der Waals surface area contributed by atoms with Crippen molar-refractivity contribution in [3.63, 3.8) is 0 Å². The highest BCUT2D eigenvalue weighted by molar-refractivity contribution is 5.72. The van der Waals surface area contributed by atoms with Crippen LogP contribution in [-0.2, 0) is 10.8 Å². The molecule has 0 spiro atoms. The van der Waals surface area contributed by atoms with Gasteiger partial charge in [-0.05, 0) is 56.3 Å². The molecule has 0 aliphatic rings. The second-order valence-corrected chi connectivity index (χ2v) is 8.60. The summed E-state index contributed by atoms with van der Waals surface area (Å²) in [5.74, 6) is 0. The zero-order valence-electron chi connectivity index (χ0n) is 16.0. The molecule has 0 amide bonds. The fraction of sp³-hybridized carbons (Fsp3) is 0.333. The van der Waals surface area contributed by atoms with Gasteiger partial charge in [0.1, 0.15) is 0 Å². The Morgan fingerprint density at radius 2 is 0.917 bits per heavy atom. The van der Waals surface area contributed by atoms with Gasteiger partial charge in [0.2, 0.25) is 0 Å². The fourth-order valence-corrected chi connectivity index (χ4v) is 2.74. The second kappa shape index (κ2) is 6.43. The minimum Gasteiger partial charge on any atom is -0.0985 e. The molecule has 0 aromatic heterocycles. The van der Waals surface area contributed by atoms with Crippen LogP contribution in [0.15, 0.2) is 49.6 Å². The van der Waals surface area contributed by atoms with E-state index < -0.39 is 0 Å². The van der Waals surface area contributed by atoms with Crippen LogP contribution in [0.2, 0.25) is 0 Å². The summed E-state index contributed by atoms with van der Waals surface area (Å²) in [6.45, 7) is 21.4. The average Bonchev–Trinajstić information content (AvgIpc) is 2.52. The lowest BCUT2D eigenvalue weighted by atomic mass is 9.82. The van der Waals surface area contributed by atoms with Gasteiger partial charge in [-0.15, -0.1) is 0 Å². The van der Waals surface area contributed by atoms with E-state index in [1.54, 1.807) is 0 Å². The lowest BCUT2D eigenvalue weighted by Gasteiger charge is -2.23. The molecule has 2 aromatic carbocycles. The predicted molar refractivity (Wildman–Crippen MR) is 109 cm³/mol. The molecule has 0 heteroatoms. The Morgan fingerprint density at radius 1 is 0.583 bits per heavy atom. The Bertz CT molecular complexity index is 694. The van der Waals surface area contributed by atoms with Gasteiger partial charge >= 0.3 is 0 Å². The molecule has 0 bridgehead atoms. The lowest BCUT2D eigenvalue weighted by Crippen LogP contribution is -2.12. The summed E-state index contributed by atoms with van der Waals surface area (Å²) in [5, 5.41) is 0. The molecule has 2 aromatic rings. The molecule has 0 atom stereocenters. The van der Waals surface area contributed by atoms with Crippen LogP contribution in [-0.4, -0.2) is 0 Å². The van der Waals surface area contributed by atoms with Gasteiger partial charge in [0, 0.05) is 0 Å². The van der Waals surface area contributed by atoms with Gasteiger partial charge in [0.05, 0.1) is 0 Å². The molecular formula is C24H30. The van der Waals surface area contributed by atoms with Crippen LogP contribution in [0, 0.1) is 0 Å². The van der Waals surface area contributed by atoms with Crippen molar-refractivity contribution in [3.05, 3.63) is 71.8 Å². The maximum Gasteiger partial charge on any atom is -0.0131 e. The molecule has 0 nitrogen and oxygen atoms in total. The van der Waals surface area contributed by atoms with Crippen LogP contribution < -0.4 is 0 Å². The van der Waals surface area contributed by atoms with Crippen molar-refractivity contribution in [1.82, 2.24) is 0 Å². The molecule has 0 unspecified atom stereocenters. The highest BCUT2D eigenvalue weighted by Crippen LogP contribution is 2.33. The third-order valence-electron chi connectivity index (χ3n) is 4.45. The van der Waals surface area contributed by atoms with Gasteiger partial charge < -0.3 is 0 Å². The Morgan fingerprint density at radius 3 is 1.17 bits per heavy atom. The molecule has 126 valence electrons. The lowest BCUT2D eigenvalue weighted by molar-refractivity contribution is 0.589. The molecule has 0 N–H and O–H groups in total. The minimum atomic E-state index is 0.108. The van der Waals surface area contributed by atoms with Crippen molar-refractivity contribution >= 4 is 12.2 Å². The molecular weight excluding hydrogens is 288 g/mol. The van der Waals surface area contributed by atoms with Crippen LogP contribution >= 0.6 is 0 Å². The molecule has 2 rings (SSSR count). The molecule has 0 aliphatic carbocycles. The van der Waals surface area contributed by atoms with Gasteiger partial charge in [-0.1, -0.05) is 91.1 Å². The van der Waals surface area contributed by atoms with E-state index in [-0.39, 0.29) is 10.8 Å². The highest BCUT2D eigenvalue weighted by atomic mass is 14.2. The largest absolute Gasteiger partial charge is 0.0985 e. The molecule has 0 heterocycles. The van der Waals surface area contributed by atoms with Gasteiger partial charge in [0.25, 0.3) is 0 Å². The summed E-state index contributed by atoms with van der Waals surface area (Å²) in [6.07, 6.45) is 3.86. The van der Waals surface area contributed by atoms with Crippen molar-refractivity contribution in [1.29, 1.82) is 0 Å². The summed E-state index contributed by atoms with van der Waals surface area (Å²) in [5.41, 5.74) is 7.69. The Labute approximate surface area is 147 Å². The average molecular weight is 319 g/mol. The topological polar surface area (TPSA) is 0 Å². The van der Waals surface area contributed by atoms with E-state index in [1.807, 2.05) is 12.2 Å². The van der Waals surface area contributed by atoms with Gasteiger partial charge in [-0.2, -0.15) is 0 Å². The maximum atomic E-state index is 3.96. The number of rotatable bonds is 3. The summed E-state index contributed by atoms with van der Waals surface area (Å²) >= 11 is 0. The number of benzene rings is 2.